The molecule has 0 heterocycles. The van der Waals surface area contributed by atoms with Crippen molar-refractivity contribution in [2.75, 3.05) is 7.11 Å². The minimum absolute atomic E-state index is 0.188. The summed E-state index contributed by atoms with van der Waals surface area (Å²) in [6, 6.07) is 20.1. The van der Waals surface area contributed by atoms with Crippen molar-refractivity contribution < 1.29 is 14.3 Å². The minimum Gasteiger partial charge on any atom is -0.493 e. The van der Waals surface area contributed by atoms with Crippen molar-refractivity contribution in [3.63, 3.8) is 0 Å². The molecule has 0 radical (unpaired) electrons. The Morgan fingerprint density at radius 1 is 1.03 bits per heavy atom. The molecule has 7 heteroatoms. The highest BCUT2D eigenvalue weighted by atomic mass is 35.5. The molecule has 5 nitrogen and oxygen atoms in total. The smallest absolute Gasteiger partial charge is 0.180 e. The molecule has 0 unspecified atom stereocenters. The fraction of sp³-hybridized carbons (Fsp3) is 0.130. The van der Waals surface area contributed by atoms with E-state index in [9.17, 15) is 0 Å². The van der Waals surface area contributed by atoms with Crippen molar-refractivity contribution in [2.45, 2.75) is 13.2 Å². The first-order chi connectivity index (χ1) is 14.6. The van der Waals surface area contributed by atoms with Gasteiger partial charge in [0.05, 0.1) is 30.0 Å². The highest BCUT2D eigenvalue weighted by molar-refractivity contribution is 6.32. The van der Waals surface area contributed by atoms with Crippen LogP contribution in [0.2, 0.25) is 10.0 Å². The molecule has 0 saturated heterocycles. The average Bonchev–Trinajstić information content (AvgIpc) is 2.77. The van der Waals surface area contributed by atoms with Gasteiger partial charge in [-0.1, -0.05) is 58.7 Å². The van der Waals surface area contributed by atoms with Crippen LogP contribution in [0.3, 0.4) is 0 Å². The number of nitrogens with zero attached hydrogens (tertiary/aromatic N) is 2. The standard InChI is InChI=1S/C23H18Cl2N2O3/c1-28-22-11-17(13-27-30-15-19-5-3-2-4-18(19)12-26)10-21(25)23(22)29-14-16-6-8-20(24)9-7-16/h2-11,13H,14-15H2,1H3/b27-13-. The lowest BCUT2D eigenvalue weighted by Gasteiger charge is -2.13. The summed E-state index contributed by atoms with van der Waals surface area (Å²) in [5.74, 6) is 0.919. The van der Waals surface area contributed by atoms with Crippen molar-refractivity contribution in [3.8, 4) is 17.6 Å². The third-order valence-electron chi connectivity index (χ3n) is 4.18. The molecule has 0 aromatic heterocycles. The SMILES string of the molecule is COc1cc(/C=N\OCc2ccccc2C#N)cc(Cl)c1OCc1ccc(Cl)cc1. The number of halogens is 2. The van der Waals surface area contributed by atoms with Gasteiger partial charge in [0.2, 0.25) is 0 Å². The molecule has 0 aliphatic carbocycles. The topological polar surface area (TPSA) is 63.8 Å². The summed E-state index contributed by atoms with van der Waals surface area (Å²) in [5, 5.41) is 14.1. The fourth-order valence-electron chi connectivity index (χ4n) is 2.65. The van der Waals surface area contributed by atoms with Crippen LogP contribution in [-0.4, -0.2) is 13.3 Å². The molecule has 0 amide bonds. The van der Waals surface area contributed by atoms with Gasteiger partial charge in [0, 0.05) is 16.1 Å². The van der Waals surface area contributed by atoms with Crippen LogP contribution in [-0.2, 0) is 18.1 Å². The number of oxime groups is 1. The Labute approximate surface area is 185 Å². The highest BCUT2D eigenvalue weighted by Crippen LogP contribution is 2.36. The minimum atomic E-state index is 0.188. The summed E-state index contributed by atoms with van der Waals surface area (Å²) in [5.41, 5.74) is 2.96. The fourth-order valence-corrected chi connectivity index (χ4v) is 3.05. The maximum atomic E-state index is 9.11. The molecular weight excluding hydrogens is 423 g/mol. The quantitative estimate of drug-likeness (QED) is 0.318. The van der Waals surface area contributed by atoms with E-state index < -0.39 is 0 Å². The monoisotopic (exact) mass is 440 g/mol. The van der Waals surface area contributed by atoms with E-state index in [1.165, 1.54) is 13.3 Å². The molecule has 3 rings (SSSR count). The Morgan fingerprint density at radius 2 is 1.80 bits per heavy atom. The van der Waals surface area contributed by atoms with Gasteiger partial charge in [0.25, 0.3) is 0 Å². The lowest BCUT2D eigenvalue weighted by Crippen LogP contribution is -1.99. The molecule has 0 atom stereocenters. The number of rotatable bonds is 8. The van der Waals surface area contributed by atoms with Crippen molar-refractivity contribution in [3.05, 3.63) is 93.0 Å². The zero-order valence-corrected chi connectivity index (χ0v) is 17.7. The van der Waals surface area contributed by atoms with E-state index in [2.05, 4.69) is 11.2 Å². The van der Waals surface area contributed by atoms with E-state index in [1.54, 1.807) is 36.4 Å². The van der Waals surface area contributed by atoms with Crippen LogP contribution in [0, 0.1) is 11.3 Å². The summed E-state index contributed by atoms with van der Waals surface area (Å²) in [6.45, 7) is 0.509. The summed E-state index contributed by atoms with van der Waals surface area (Å²) >= 11 is 12.3. The Morgan fingerprint density at radius 3 is 2.53 bits per heavy atom. The summed E-state index contributed by atoms with van der Waals surface area (Å²) in [4.78, 5) is 5.32. The van der Waals surface area contributed by atoms with Gasteiger partial charge in [0.15, 0.2) is 11.5 Å². The molecule has 0 saturated carbocycles. The van der Waals surface area contributed by atoms with Gasteiger partial charge >= 0.3 is 0 Å². The van der Waals surface area contributed by atoms with Crippen molar-refractivity contribution in [1.82, 2.24) is 0 Å². The van der Waals surface area contributed by atoms with E-state index in [4.69, 9.17) is 42.8 Å². The number of methoxy groups -OCH3 is 1. The van der Waals surface area contributed by atoms with Crippen molar-refractivity contribution in [1.29, 1.82) is 5.26 Å². The molecule has 30 heavy (non-hydrogen) atoms. The van der Waals surface area contributed by atoms with E-state index in [0.29, 0.717) is 39.3 Å². The summed E-state index contributed by atoms with van der Waals surface area (Å²) in [6.07, 6.45) is 1.52. The lowest BCUT2D eigenvalue weighted by atomic mass is 10.1. The average molecular weight is 441 g/mol. The largest absolute Gasteiger partial charge is 0.493 e. The van der Waals surface area contributed by atoms with Gasteiger partial charge < -0.3 is 14.3 Å². The van der Waals surface area contributed by atoms with Crippen LogP contribution in [0.25, 0.3) is 0 Å². The molecular formula is C23H18Cl2N2O3. The summed E-state index contributed by atoms with van der Waals surface area (Å²) in [7, 11) is 1.54. The maximum Gasteiger partial charge on any atom is 0.180 e. The van der Waals surface area contributed by atoms with E-state index >= 15 is 0 Å². The molecule has 152 valence electrons. The molecule has 0 aliphatic rings. The van der Waals surface area contributed by atoms with E-state index in [0.717, 1.165) is 11.1 Å². The van der Waals surface area contributed by atoms with Crippen LogP contribution in [0.15, 0.2) is 65.8 Å². The van der Waals surface area contributed by atoms with Gasteiger partial charge in [-0.25, -0.2) is 0 Å². The molecule has 0 aliphatic heterocycles. The van der Waals surface area contributed by atoms with Gasteiger partial charge in [-0.15, -0.1) is 0 Å². The van der Waals surface area contributed by atoms with Gasteiger partial charge in [-0.3, -0.25) is 0 Å². The third kappa shape index (κ3) is 5.66. The Hall–Kier alpha value is -3.20. The van der Waals surface area contributed by atoms with E-state index in [1.807, 2.05) is 24.3 Å². The van der Waals surface area contributed by atoms with Crippen LogP contribution in [0.5, 0.6) is 11.5 Å². The van der Waals surface area contributed by atoms with Gasteiger partial charge in [-0.05, 0) is 35.9 Å². The number of ether oxygens (including phenoxy) is 2. The lowest BCUT2D eigenvalue weighted by molar-refractivity contribution is 0.132. The maximum absolute atomic E-state index is 9.11. The first kappa shape index (κ1) is 21.5. The molecule has 0 fully saturated rings. The zero-order valence-electron chi connectivity index (χ0n) is 16.1. The van der Waals surface area contributed by atoms with Crippen LogP contribution in [0.1, 0.15) is 22.3 Å². The molecule has 0 spiro atoms. The van der Waals surface area contributed by atoms with Crippen LogP contribution >= 0.6 is 23.2 Å². The molecule has 0 N–H and O–H groups in total. The second kappa shape index (κ2) is 10.5. The molecule has 0 bridgehead atoms. The first-order valence-corrected chi connectivity index (χ1v) is 9.74. The third-order valence-corrected chi connectivity index (χ3v) is 4.72. The highest BCUT2D eigenvalue weighted by Gasteiger charge is 2.12. The predicted molar refractivity (Wildman–Crippen MR) is 117 cm³/mol. The van der Waals surface area contributed by atoms with Gasteiger partial charge in [0.1, 0.15) is 13.2 Å². The number of nitriles is 1. The van der Waals surface area contributed by atoms with Crippen LogP contribution in [0.4, 0.5) is 0 Å². The van der Waals surface area contributed by atoms with Gasteiger partial charge in [-0.2, -0.15) is 5.26 Å². The van der Waals surface area contributed by atoms with Crippen LogP contribution < -0.4 is 9.47 Å². The zero-order chi connectivity index (χ0) is 21.3. The Kier molecular flexibility index (Phi) is 7.56. The van der Waals surface area contributed by atoms with E-state index in [-0.39, 0.29) is 6.61 Å². The van der Waals surface area contributed by atoms with Crippen molar-refractivity contribution in [2.24, 2.45) is 5.16 Å². The summed E-state index contributed by atoms with van der Waals surface area (Å²) < 4.78 is 11.3. The Balaban J connectivity index is 1.66. The Bertz CT molecular complexity index is 1080. The second-order valence-electron chi connectivity index (χ2n) is 6.23. The number of hydrogen-bond donors (Lipinski definition) is 0. The number of benzene rings is 3. The second-order valence-corrected chi connectivity index (χ2v) is 7.07. The molecule has 3 aromatic carbocycles. The molecule has 3 aromatic rings. The van der Waals surface area contributed by atoms with Crippen molar-refractivity contribution >= 4 is 29.4 Å². The number of hydrogen-bond acceptors (Lipinski definition) is 5. The first-order valence-electron chi connectivity index (χ1n) is 8.99. The normalized spacial score (nSPS) is 10.6. The predicted octanol–water partition coefficient (Wildman–Crippen LogP) is 6.00.